The molecule has 0 bridgehead atoms. The van der Waals surface area contributed by atoms with E-state index in [9.17, 15) is 0 Å². The molecule has 3 N–H and O–H groups in total. The van der Waals surface area contributed by atoms with Crippen molar-refractivity contribution in [3.05, 3.63) is 5.82 Å². The number of hydrogen-bond donors (Lipinski definition) is 2. The van der Waals surface area contributed by atoms with Crippen LogP contribution in [0.2, 0.25) is 0 Å². The normalized spacial score (nSPS) is 28.1. The van der Waals surface area contributed by atoms with Crippen molar-refractivity contribution in [2.45, 2.75) is 57.4 Å². The summed E-state index contributed by atoms with van der Waals surface area (Å²) >= 11 is 0. The zero-order valence-electron chi connectivity index (χ0n) is 10.9. The lowest BCUT2D eigenvalue weighted by molar-refractivity contribution is 0.357. The molecule has 5 nitrogen and oxygen atoms in total. The third kappa shape index (κ3) is 2.71. The monoisotopic (exact) mass is 247 g/mol. The highest BCUT2D eigenvalue weighted by Crippen LogP contribution is 2.38. The van der Waals surface area contributed by atoms with Gasteiger partial charge in [-0.25, -0.2) is 0 Å². The molecule has 2 aliphatic carbocycles. The fraction of sp³-hybridized carbons (Fsp3) is 0.769. The van der Waals surface area contributed by atoms with E-state index >= 15 is 0 Å². The number of nitrogens with one attached hydrogen (secondary N) is 1. The highest BCUT2D eigenvalue weighted by molar-refractivity contribution is 5.33. The maximum Gasteiger partial charge on any atom is 0.227 e. The maximum atomic E-state index is 5.76. The van der Waals surface area contributed by atoms with Crippen LogP contribution in [0.25, 0.3) is 0 Å². The van der Waals surface area contributed by atoms with Crippen LogP contribution in [0.5, 0.6) is 0 Å². The van der Waals surface area contributed by atoms with Gasteiger partial charge in [-0.3, -0.25) is 0 Å². The smallest absolute Gasteiger partial charge is 0.227 e. The first-order valence-electron chi connectivity index (χ1n) is 6.98. The minimum Gasteiger partial charge on any atom is -0.368 e. The zero-order valence-corrected chi connectivity index (χ0v) is 10.9. The van der Waals surface area contributed by atoms with Gasteiger partial charge in [0.05, 0.1) is 0 Å². The fourth-order valence-electron chi connectivity index (χ4n) is 2.75. The lowest BCUT2D eigenvalue weighted by Crippen LogP contribution is -2.27. The quantitative estimate of drug-likeness (QED) is 0.857. The lowest BCUT2D eigenvalue weighted by atomic mass is 9.87. The van der Waals surface area contributed by atoms with E-state index < -0.39 is 0 Å². The summed E-state index contributed by atoms with van der Waals surface area (Å²) in [6.45, 7) is 2.31. The zero-order chi connectivity index (χ0) is 12.5. The van der Waals surface area contributed by atoms with Crippen molar-refractivity contribution in [1.82, 2.24) is 15.0 Å². The van der Waals surface area contributed by atoms with Gasteiger partial charge in [0.1, 0.15) is 5.82 Å². The summed E-state index contributed by atoms with van der Waals surface area (Å²) in [6, 6.07) is 0.489. The summed E-state index contributed by atoms with van der Waals surface area (Å²) in [5.41, 5.74) is 5.76. The number of rotatable bonds is 3. The molecule has 2 fully saturated rings. The molecule has 2 unspecified atom stereocenters. The van der Waals surface area contributed by atoms with E-state index in [2.05, 4.69) is 27.2 Å². The summed E-state index contributed by atoms with van der Waals surface area (Å²) < 4.78 is 0. The molecule has 5 heteroatoms. The summed E-state index contributed by atoms with van der Waals surface area (Å²) in [5.74, 6) is 3.19. The van der Waals surface area contributed by atoms with Crippen LogP contribution in [0.1, 0.15) is 57.2 Å². The Kier molecular flexibility index (Phi) is 3.06. The molecule has 3 rings (SSSR count). The number of nitrogens with two attached hydrogens (primary N) is 1. The Morgan fingerprint density at radius 2 is 1.94 bits per heavy atom. The summed E-state index contributed by atoms with van der Waals surface area (Å²) in [5, 5.41) is 3.43. The van der Waals surface area contributed by atoms with E-state index in [0.29, 0.717) is 23.9 Å². The van der Waals surface area contributed by atoms with Crippen LogP contribution in [0, 0.1) is 5.92 Å². The van der Waals surface area contributed by atoms with Crippen LogP contribution in [0.3, 0.4) is 0 Å². The average Bonchev–Trinajstić information content (AvgIpc) is 3.11. The van der Waals surface area contributed by atoms with Crippen molar-refractivity contribution in [3.63, 3.8) is 0 Å². The number of nitrogens with zero attached hydrogens (tertiary/aromatic N) is 3. The lowest BCUT2D eigenvalue weighted by Gasteiger charge is -2.27. The molecule has 18 heavy (non-hydrogen) atoms. The van der Waals surface area contributed by atoms with Crippen molar-refractivity contribution in [2.24, 2.45) is 5.92 Å². The van der Waals surface area contributed by atoms with Crippen molar-refractivity contribution < 1.29 is 0 Å². The molecule has 1 aromatic rings. The molecule has 2 saturated carbocycles. The molecular weight excluding hydrogens is 226 g/mol. The summed E-state index contributed by atoms with van der Waals surface area (Å²) in [4.78, 5) is 12.9. The molecule has 0 radical (unpaired) electrons. The minimum absolute atomic E-state index is 0.346. The Hall–Kier alpha value is -1.39. The summed E-state index contributed by atoms with van der Waals surface area (Å²) in [6.07, 6.45) is 7.39. The highest BCUT2D eigenvalue weighted by Gasteiger charge is 2.28. The predicted molar refractivity (Wildman–Crippen MR) is 71.3 cm³/mol. The van der Waals surface area contributed by atoms with E-state index in [-0.39, 0.29) is 0 Å². The molecule has 1 heterocycles. The first-order valence-corrected chi connectivity index (χ1v) is 6.98. The van der Waals surface area contributed by atoms with Crippen LogP contribution in [0.4, 0.5) is 11.9 Å². The maximum absolute atomic E-state index is 5.76. The minimum atomic E-state index is 0.346. The number of anilines is 2. The van der Waals surface area contributed by atoms with Crippen molar-refractivity contribution in [3.8, 4) is 0 Å². The Morgan fingerprint density at radius 1 is 1.11 bits per heavy atom. The molecule has 0 saturated heterocycles. The molecule has 1 aromatic heterocycles. The van der Waals surface area contributed by atoms with E-state index in [0.717, 1.165) is 11.7 Å². The van der Waals surface area contributed by atoms with Crippen LogP contribution in [0.15, 0.2) is 0 Å². The van der Waals surface area contributed by atoms with Crippen molar-refractivity contribution in [1.29, 1.82) is 0 Å². The van der Waals surface area contributed by atoms with Gasteiger partial charge in [-0.15, -0.1) is 0 Å². The Balaban J connectivity index is 1.71. The average molecular weight is 247 g/mol. The molecule has 2 aliphatic rings. The van der Waals surface area contributed by atoms with Gasteiger partial charge >= 0.3 is 0 Å². The predicted octanol–water partition coefficient (Wildman–Crippen LogP) is 2.32. The third-order valence-corrected chi connectivity index (χ3v) is 3.88. The first kappa shape index (κ1) is 11.7. The van der Waals surface area contributed by atoms with Gasteiger partial charge in [-0.2, -0.15) is 15.0 Å². The van der Waals surface area contributed by atoms with E-state index in [1.165, 1.54) is 38.5 Å². The van der Waals surface area contributed by atoms with Gasteiger partial charge in [-0.05, 0) is 31.6 Å². The van der Waals surface area contributed by atoms with E-state index in [1.807, 2.05) is 0 Å². The van der Waals surface area contributed by atoms with Gasteiger partial charge in [0.15, 0.2) is 0 Å². The van der Waals surface area contributed by atoms with Crippen molar-refractivity contribution >= 4 is 11.9 Å². The fourth-order valence-corrected chi connectivity index (χ4v) is 2.75. The largest absolute Gasteiger partial charge is 0.368 e. The Morgan fingerprint density at radius 3 is 2.67 bits per heavy atom. The Bertz CT molecular complexity index is 429. The molecule has 0 aromatic carbocycles. The SMILES string of the molecule is CC1CCCC(Nc2nc(N)nc(C3CC3)n2)C1. The number of nitrogen functional groups attached to an aromatic ring is 1. The van der Waals surface area contributed by atoms with Crippen molar-refractivity contribution in [2.75, 3.05) is 11.1 Å². The Labute approximate surface area is 108 Å². The number of aromatic nitrogens is 3. The van der Waals surface area contributed by atoms with Crippen LogP contribution < -0.4 is 11.1 Å². The third-order valence-electron chi connectivity index (χ3n) is 3.88. The van der Waals surface area contributed by atoms with Crippen LogP contribution in [-0.4, -0.2) is 21.0 Å². The first-order chi connectivity index (χ1) is 8.70. The summed E-state index contributed by atoms with van der Waals surface area (Å²) in [7, 11) is 0. The van der Waals surface area contributed by atoms with Gasteiger partial charge in [0.2, 0.25) is 11.9 Å². The highest BCUT2D eigenvalue weighted by atomic mass is 15.2. The second-order valence-corrected chi connectivity index (χ2v) is 5.76. The van der Waals surface area contributed by atoms with Gasteiger partial charge in [0.25, 0.3) is 0 Å². The van der Waals surface area contributed by atoms with E-state index in [1.54, 1.807) is 0 Å². The molecule has 98 valence electrons. The topological polar surface area (TPSA) is 76.7 Å². The molecule has 0 spiro atoms. The van der Waals surface area contributed by atoms with Gasteiger partial charge in [-0.1, -0.05) is 19.8 Å². The van der Waals surface area contributed by atoms with E-state index in [4.69, 9.17) is 5.73 Å². The van der Waals surface area contributed by atoms with Gasteiger partial charge < -0.3 is 11.1 Å². The molecule has 0 amide bonds. The van der Waals surface area contributed by atoms with Crippen LogP contribution in [-0.2, 0) is 0 Å². The molecular formula is C13H21N5. The molecule has 0 aliphatic heterocycles. The van der Waals surface area contributed by atoms with Gasteiger partial charge in [0, 0.05) is 12.0 Å². The molecule has 2 atom stereocenters. The second-order valence-electron chi connectivity index (χ2n) is 5.76. The second kappa shape index (κ2) is 4.71. The number of hydrogen-bond acceptors (Lipinski definition) is 5. The van der Waals surface area contributed by atoms with Crippen LogP contribution >= 0.6 is 0 Å². The standard InChI is InChI=1S/C13H21N5/c1-8-3-2-4-10(7-8)15-13-17-11(9-5-6-9)16-12(14)18-13/h8-10H,2-7H2,1H3,(H3,14,15,16,17,18).